The lowest BCUT2D eigenvalue weighted by Gasteiger charge is -2.49. The number of rotatable bonds is 14. The molecule has 1 unspecified atom stereocenters. The second kappa shape index (κ2) is 15.1. The fourth-order valence-electron chi connectivity index (χ4n) is 5.94. The zero-order valence-corrected chi connectivity index (χ0v) is 26.0. The molecule has 8 heteroatoms. The molecule has 4 rings (SSSR count). The number of carbonyl (C=O) groups excluding carboxylic acids is 2. The summed E-state index contributed by atoms with van der Waals surface area (Å²) >= 11 is 0. The largest absolute Gasteiger partial charge is 0.481 e. The van der Waals surface area contributed by atoms with Crippen molar-refractivity contribution >= 4 is 17.8 Å². The first kappa shape index (κ1) is 32.9. The SMILES string of the molecule is CC(CC(=O)N1CCN(C(c2ccccc2)(c2ccccc2)c2ccccc2)CC1)OCCC(C)(C)OC(=O)CCC(=O)O. The van der Waals surface area contributed by atoms with Crippen molar-refractivity contribution in [3.8, 4) is 0 Å². The van der Waals surface area contributed by atoms with E-state index in [9.17, 15) is 14.4 Å². The van der Waals surface area contributed by atoms with Crippen LogP contribution in [-0.4, -0.2) is 77.2 Å². The molecule has 234 valence electrons. The summed E-state index contributed by atoms with van der Waals surface area (Å²) in [4.78, 5) is 40.4. The van der Waals surface area contributed by atoms with Gasteiger partial charge in [0.15, 0.2) is 0 Å². The summed E-state index contributed by atoms with van der Waals surface area (Å²) in [5.74, 6) is -1.53. The molecule has 0 radical (unpaired) electrons. The Kier molecular flexibility index (Phi) is 11.3. The lowest BCUT2D eigenvalue weighted by molar-refractivity contribution is -0.160. The van der Waals surface area contributed by atoms with Crippen LogP contribution in [0.3, 0.4) is 0 Å². The average molecular weight is 601 g/mol. The quantitative estimate of drug-likeness (QED) is 0.193. The molecule has 1 fully saturated rings. The maximum atomic E-state index is 13.3. The van der Waals surface area contributed by atoms with Gasteiger partial charge in [-0.1, -0.05) is 91.0 Å². The van der Waals surface area contributed by atoms with Crippen LogP contribution in [0.1, 0.15) is 63.1 Å². The van der Waals surface area contributed by atoms with E-state index >= 15 is 0 Å². The monoisotopic (exact) mass is 600 g/mol. The summed E-state index contributed by atoms with van der Waals surface area (Å²) in [5, 5.41) is 8.76. The first-order valence-corrected chi connectivity index (χ1v) is 15.4. The van der Waals surface area contributed by atoms with Gasteiger partial charge in [0, 0.05) is 32.6 Å². The van der Waals surface area contributed by atoms with E-state index in [0.717, 1.165) is 0 Å². The highest BCUT2D eigenvalue weighted by molar-refractivity contribution is 5.77. The maximum Gasteiger partial charge on any atom is 0.306 e. The van der Waals surface area contributed by atoms with Crippen molar-refractivity contribution in [2.24, 2.45) is 0 Å². The zero-order valence-electron chi connectivity index (χ0n) is 26.0. The molecule has 1 saturated heterocycles. The van der Waals surface area contributed by atoms with Crippen LogP contribution in [0.15, 0.2) is 91.0 Å². The fraction of sp³-hybridized carbons (Fsp3) is 0.417. The topological polar surface area (TPSA) is 96.4 Å². The molecule has 3 aromatic rings. The Hall–Kier alpha value is -4.01. The Labute approximate surface area is 260 Å². The van der Waals surface area contributed by atoms with Crippen LogP contribution < -0.4 is 0 Å². The van der Waals surface area contributed by atoms with Gasteiger partial charge in [-0.05, 0) is 37.5 Å². The summed E-state index contributed by atoms with van der Waals surface area (Å²) in [7, 11) is 0. The number of carboxylic acids is 1. The van der Waals surface area contributed by atoms with Gasteiger partial charge < -0.3 is 19.5 Å². The van der Waals surface area contributed by atoms with Crippen molar-refractivity contribution in [1.29, 1.82) is 0 Å². The zero-order chi connectivity index (χ0) is 31.6. The molecule has 1 N–H and O–H groups in total. The highest BCUT2D eigenvalue weighted by atomic mass is 16.6. The van der Waals surface area contributed by atoms with Crippen LogP contribution in [0.2, 0.25) is 0 Å². The van der Waals surface area contributed by atoms with Crippen LogP contribution in [-0.2, 0) is 29.4 Å². The molecule has 1 aliphatic rings. The minimum Gasteiger partial charge on any atom is -0.481 e. The highest BCUT2D eigenvalue weighted by Gasteiger charge is 2.43. The van der Waals surface area contributed by atoms with Crippen molar-refractivity contribution in [1.82, 2.24) is 9.80 Å². The summed E-state index contributed by atoms with van der Waals surface area (Å²) in [5.41, 5.74) is 2.27. The summed E-state index contributed by atoms with van der Waals surface area (Å²) in [6, 6.07) is 31.8. The first-order chi connectivity index (χ1) is 21.1. The third kappa shape index (κ3) is 8.33. The van der Waals surface area contributed by atoms with Gasteiger partial charge in [0.2, 0.25) is 5.91 Å². The van der Waals surface area contributed by atoms with Crippen LogP contribution in [0, 0.1) is 0 Å². The number of piperazine rings is 1. The van der Waals surface area contributed by atoms with E-state index in [-0.39, 0.29) is 31.3 Å². The molecule has 1 amide bonds. The van der Waals surface area contributed by atoms with Crippen LogP contribution >= 0.6 is 0 Å². The molecule has 1 heterocycles. The summed E-state index contributed by atoms with van der Waals surface area (Å²) < 4.78 is 11.3. The van der Waals surface area contributed by atoms with Gasteiger partial charge in [0.25, 0.3) is 0 Å². The summed E-state index contributed by atoms with van der Waals surface area (Å²) in [6.07, 6.45) is -0.0224. The second-order valence-electron chi connectivity index (χ2n) is 11.9. The Morgan fingerprint density at radius 1 is 0.773 bits per heavy atom. The van der Waals surface area contributed by atoms with Gasteiger partial charge in [0.05, 0.1) is 37.5 Å². The number of ether oxygens (including phenoxy) is 2. The van der Waals surface area contributed by atoms with E-state index in [1.807, 2.05) is 30.0 Å². The number of benzene rings is 3. The lowest BCUT2D eigenvalue weighted by Crippen LogP contribution is -2.57. The van der Waals surface area contributed by atoms with Gasteiger partial charge in [-0.25, -0.2) is 0 Å². The average Bonchev–Trinajstić information content (AvgIpc) is 3.02. The Balaban J connectivity index is 1.38. The number of hydrogen-bond acceptors (Lipinski definition) is 6. The number of carbonyl (C=O) groups is 3. The normalized spacial score (nSPS) is 15.0. The molecular formula is C36H44N2O6. The number of carboxylic acid groups (broad SMARTS) is 1. The maximum absolute atomic E-state index is 13.3. The number of hydrogen-bond donors (Lipinski definition) is 1. The van der Waals surface area contributed by atoms with Crippen molar-refractivity contribution in [2.75, 3.05) is 32.8 Å². The Morgan fingerprint density at radius 2 is 1.25 bits per heavy atom. The van der Waals surface area contributed by atoms with E-state index < -0.39 is 23.1 Å². The highest BCUT2D eigenvalue weighted by Crippen LogP contribution is 2.42. The number of amides is 1. The predicted molar refractivity (Wildman–Crippen MR) is 169 cm³/mol. The molecule has 0 aromatic heterocycles. The lowest BCUT2D eigenvalue weighted by atomic mass is 9.75. The number of nitrogens with zero attached hydrogens (tertiary/aromatic N) is 2. The minimum absolute atomic E-state index is 0.0567. The third-order valence-corrected chi connectivity index (χ3v) is 8.18. The van der Waals surface area contributed by atoms with Crippen molar-refractivity contribution in [3.63, 3.8) is 0 Å². The number of esters is 1. The van der Waals surface area contributed by atoms with Gasteiger partial charge >= 0.3 is 11.9 Å². The molecule has 0 spiro atoms. The summed E-state index contributed by atoms with van der Waals surface area (Å²) in [6.45, 7) is 8.37. The number of aliphatic carboxylic acids is 1. The van der Waals surface area contributed by atoms with Crippen LogP contribution in [0.25, 0.3) is 0 Å². The van der Waals surface area contributed by atoms with Crippen molar-refractivity contribution in [3.05, 3.63) is 108 Å². The molecule has 8 nitrogen and oxygen atoms in total. The third-order valence-electron chi connectivity index (χ3n) is 8.18. The Bertz CT molecular complexity index is 1260. The van der Waals surface area contributed by atoms with E-state index in [0.29, 0.717) is 39.2 Å². The molecule has 0 saturated carbocycles. The molecule has 1 atom stereocenters. The Morgan fingerprint density at radius 3 is 1.70 bits per heavy atom. The van der Waals surface area contributed by atoms with E-state index in [4.69, 9.17) is 14.6 Å². The smallest absolute Gasteiger partial charge is 0.306 e. The van der Waals surface area contributed by atoms with Crippen LogP contribution in [0.5, 0.6) is 0 Å². The fourth-order valence-corrected chi connectivity index (χ4v) is 5.94. The van der Waals surface area contributed by atoms with Gasteiger partial charge in [-0.15, -0.1) is 0 Å². The standard InChI is InChI=1S/C36H44N2O6/c1-28(43-26-21-35(2,3)44-34(42)20-19-33(40)41)27-32(39)37-22-24-38(25-23-37)36(29-13-7-4-8-14-29,30-15-9-5-10-16-30)31-17-11-6-12-18-31/h4-18,28H,19-27H2,1-3H3,(H,40,41). The van der Waals surface area contributed by atoms with E-state index in [2.05, 4.69) is 77.7 Å². The molecule has 44 heavy (non-hydrogen) atoms. The van der Waals surface area contributed by atoms with Crippen molar-refractivity contribution < 1.29 is 29.0 Å². The molecule has 0 bridgehead atoms. The van der Waals surface area contributed by atoms with Gasteiger partial charge in [-0.2, -0.15) is 0 Å². The minimum atomic E-state index is -1.04. The van der Waals surface area contributed by atoms with E-state index in [1.54, 1.807) is 13.8 Å². The van der Waals surface area contributed by atoms with Crippen molar-refractivity contribution in [2.45, 2.75) is 63.7 Å². The molecule has 1 aliphatic heterocycles. The first-order valence-electron chi connectivity index (χ1n) is 15.4. The predicted octanol–water partition coefficient (Wildman–Crippen LogP) is 5.49. The van der Waals surface area contributed by atoms with Gasteiger partial charge in [-0.3, -0.25) is 19.3 Å². The molecule has 3 aromatic carbocycles. The van der Waals surface area contributed by atoms with E-state index in [1.165, 1.54) is 16.7 Å². The molecular weight excluding hydrogens is 556 g/mol. The second-order valence-corrected chi connectivity index (χ2v) is 11.9. The van der Waals surface area contributed by atoms with Gasteiger partial charge in [0.1, 0.15) is 5.60 Å². The molecule has 0 aliphatic carbocycles. The van der Waals surface area contributed by atoms with Crippen LogP contribution in [0.4, 0.5) is 0 Å².